The number of amides is 1. The van der Waals surface area contributed by atoms with Crippen molar-refractivity contribution in [3.05, 3.63) is 33.8 Å². The molecule has 1 unspecified atom stereocenters. The van der Waals surface area contributed by atoms with E-state index in [-0.39, 0.29) is 36.4 Å². The molecule has 1 atom stereocenters. The van der Waals surface area contributed by atoms with E-state index in [2.05, 4.69) is 20.9 Å². The second-order valence-corrected chi connectivity index (χ2v) is 7.13. The van der Waals surface area contributed by atoms with E-state index in [1.807, 2.05) is 20.8 Å². The van der Waals surface area contributed by atoms with Crippen LogP contribution in [0.5, 0.6) is 0 Å². The van der Waals surface area contributed by atoms with Gasteiger partial charge in [-0.3, -0.25) is 9.79 Å². The Bertz CT molecular complexity index is 607. The smallest absolute Gasteiger partial charge is 0.227 e. The first kappa shape index (κ1) is 25.2. The third-order valence-electron chi connectivity index (χ3n) is 3.55. The summed E-state index contributed by atoms with van der Waals surface area (Å²) in [4.78, 5) is 16.3. The summed E-state index contributed by atoms with van der Waals surface area (Å²) < 4.78 is 0. The van der Waals surface area contributed by atoms with E-state index >= 15 is 0 Å². The number of guanidine groups is 1. The third kappa shape index (κ3) is 8.28. The lowest BCUT2D eigenvalue weighted by atomic mass is 9.93. The van der Waals surface area contributed by atoms with Gasteiger partial charge < -0.3 is 21.1 Å². The fourth-order valence-electron chi connectivity index (χ4n) is 2.11. The molecule has 0 heterocycles. The Labute approximate surface area is 182 Å². The van der Waals surface area contributed by atoms with Gasteiger partial charge in [0, 0.05) is 30.2 Å². The number of aliphatic hydroxyl groups is 1. The van der Waals surface area contributed by atoms with Crippen LogP contribution >= 0.6 is 47.2 Å². The van der Waals surface area contributed by atoms with Gasteiger partial charge in [-0.1, -0.05) is 23.2 Å². The lowest BCUT2D eigenvalue weighted by Gasteiger charge is -2.21. The van der Waals surface area contributed by atoms with E-state index in [1.165, 1.54) is 0 Å². The minimum atomic E-state index is -0.799. The van der Waals surface area contributed by atoms with Gasteiger partial charge in [-0.15, -0.1) is 24.0 Å². The maximum absolute atomic E-state index is 11.8. The van der Waals surface area contributed by atoms with Crippen LogP contribution in [-0.4, -0.2) is 43.7 Å². The zero-order chi connectivity index (χ0) is 19.0. The Morgan fingerprint density at radius 2 is 1.81 bits per heavy atom. The number of benzene rings is 1. The lowest BCUT2D eigenvalue weighted by molar-refractivity contribution is -0.128. The molecular formula is C17H27Cl2IN4O2. The molecule has 0 aliphatic heterocycles. The van der Waals surface area contributed by atoms with E-state index in [1.54, 1.807) is 25.2 Å². The summed E-state index contributed by atoms with van der Waals surface area (Å²) in [6.45, 7) is 6.77. The van der Waals surface area contributed by atoms with E-state index in [0.29, 0.717) is 34.7 Å². The van der Waals surface area contributed by atoms with Gasteiger partial charge in [-0.25, -0.2) is 0 Å². The summed E-state index contributed by atoms with van der Waals surface area (Å²) in [5.74, 6) is 0.437. The number of rotatable bonds is 7. The van der Waals surface area contributed by atoms with Crippen molar-refractivity contribution in [2.24, 2.45) is 10.4 Å². The fraction of sp³-hybridized carbons (Fsp3) is 0.529. The van der Waals surface area contributed by atoms with Gasteiger partial charge in [0.25, 0.3) is 0 Å². The number of aliphatic imine (C=N–C) groups is 1. The van der Waals surface area contributed by atoms with Gasteiger partial charge >= 0.3 is 0 Å². The molecule has 6 nitrogen and oxygen atoms in total. The van der Waals surface area contributed by atoms with Crippen LogP contribution in [0.4, 0.5) is 0 Å². The highest BCUT2D eigenvalue weighted by Crippen LogP contribution is 2.23. The van der Waals surface area contributed by atoms with Crippen molar-refractivity contribution < 1.29 is 9.90 Å². The predicted octanol–water partition coefficient (Wildman–Crippen LogP) is 2.97. The van der Waals surface area contributed by atoms with Crippen molar-refractivity contribution >= 4 is 59.0 Å². The molecule has 0 bridgehead atoms. The molecule has 0 saturated carbocycles. The first-order chi connectivity index (χ1) is 11.7. The Hall–Kier alpha value is -0.770. The molecule has 1 rings (SSSR count). The molecular weight excluding hydrogens is 490 g/mol. The average molecular weight is 517 g/mol. The van der Waals surface area contributed by atoms with E-state index < -0.39 is 11.5 Å². The Morgan fingerprint density at radius 1 is 1.23 bits per heavy atom. The van der Waals surface area contributed by atoms with Crippen LogP contribution < -0.4 is 16.0 Å². The number of hydrogen-bond donors (Lipinski definition) is 4. The van der Waals surface area contributed by atoms with Crippen LogP contribution in [0, 0.1) is 5.41 Å². The molecule has 0 fully saturated rings. The summed E-state index contributed by atoms with van der Waals surface area (Å²) in [6, 6.07) is 4.94. The van der Waals surface area contributed by atoms with Crippen molar-refractivity contribution in [2.75, 3.05) is 26.7 Å². The van der Waals surface area contributed by atoms with Crippen LogP contribution in [0.25, 0.3) is 0 Å². The summed E-state index contributed by atoms with van der Waals surface area (Å²) >= 11 is 11.9. The molecule has 4 N–H and O–H groups in total. The number of nitrogens with zero attached hydrogens (tertiary/aromatic N) is 1. The molecule has 0 radical (unpaired) electrons. The monoisotopic (exact) mass is 516 g/mol. The van der Waals surface area contributed by atoms with E-state index in [9.17, 15) is 9.90 Å². The van der Waals surface area contributed by atoms with Gasteiger partial charge in [-0.2, -0.15) is 0 Å². The number of carbonyl (C=O) groups is 1. The zero-order valence-electron chi connectivity index (χ0n) is 15.4. The lowest BCUT2D eigenvalue weighted by Crippen LogP contribution is -2.42. The minimum absolute atomic E-state index is 0. The van der Waals surface area contributed by atoms with Crippen LogP contribution in [0.1, 0.15) is 32.4 Å². The number of nitrogens with one attached hydrogen (secondary N) is 3. The van der Waals surface area contributed by atoms with Gasteiger partial charge in [0.05, 0.1) is 18.1 Å². The fourth-order valence-corrected chi connectivity index (χ4v) is 2.65. The highest BCUT2D eigenvalue weighted by molar-refractivity contribution is 14.0. The predicted molar refractivity (Wildman–Crippen MR) is 119 cm³/mol. The molecule has 26 heavy (non-hydrogen) atoms. The van der Waals surface area contributed by atoms with Gasteiger partial charge in [0.1, 0.15) is 0 Å². The van der Waals surface area contributed by atoms with Crippen molar-refractivity contribution in [1.29, 1.82) is 0 Å². The summed E-state index contributed by atoms with van der Waals surface area (Å²) in [5, 5.41) is 20.0. The molecule has 0 aliphatic carbocycles. The molecule has 1 aromatic carbocycles. The number of hydrogen-bond acceptors (Lipinski definition) is 3. The Kier molecular flexibility index (Phi) is 11.5. The van der Waals surface area contributed by atoms with Crippen molar-refractivity contribution in [3.8, 4) is 0 Å². The topological polar surface area (TPSA) is 85.8 Å². The molecule has 9 heteroatoms. The highest BCUT2D eigenvalue weighted by Gasteiger charge is 2.26. The molecule has 0 aliphatic rings. The molecule has 148 valence electrons. The van der Waals surface area contributed by atoms with Gasteiger partial charge in [0.2, 0.25) is 5.91 Å². The number of carbonyl (C=O) groups excluding carboxylic acids is 1. The zero-order valence-corrected chi connectivity index (χ0v) is 19.2. The van der Waals surface area contributed by atoms with Gasteiger partial charge in [0.15, 0.2) is 5.96 Å². The molecule has 0 spiro atoms. The highest BCUT2D eigenvalue weighted by atomic mass is 127. The van der Waals surface area contributed by atoms with Crippen LogP contribution in [0.3, 0.4) is 0 Å². The summed E-state index contributed by atoms with van der Waals surface area (Å²) in [5.41, 5.74) is -0.0116. The minimum Gasteiger partial charge on any atom is -0.387 e. The van der Waals surface area contributed by atoms with Crippen LogP contribution in [0.2, 0.25) is 10.0 Å². The average Bonchev–Trinajstić information content (AvgIpc) is 2.55. The Balaban J connectivity index is 0.00000625. The van der Waals surface area contributed by atoms with Crippen molar-refractivity contribution in [3.63, 3.8) is 0 Å². The van der Waals surface area contributed by atoms with Crippen molar-refractivity contribution in [1.82, 2.24) is 16.0 Å². The first-order valence-electron chi connectivity index (χ1n) is 8.08. The molecule has 1 amide bonds. The largest absolute Gasteiger partial charge is 0.387 e. The SMILES string of the molecule is CCNC(=NCC(C)(C)C(=O)NC)NCC(O)c1cc(Cl)cc(Cl)c1.I. The summed E-state index contributed by atoms with van der Waals surface area (Å²) in [6.07, 6.45) is -0.799. The number of aliphatic hydroxyl groups excluding tert-OH is 1. The summed E-state index contributed by atoms with van der Waals surface area (Å²) in [7, 11) is 1.60. The molecule has 0 aromatic heterocycles. The Morgan fingerprint density at radius 3 is 2.31 bits per heavy atom. The van der Waals surface area contributed by atoms with Crippen molar-refractivity contribution in [2.45, 2.75) is 26.9 Å². The van der Waals surface area contributed by atoms with E-state index in [0.717, 1.165) is 0 Å². The molecule has 0 saturated heterocycles. The van der Waals surface area contributed by atoms with Crippen LogP contribution in [0.15, 0.2) is 23.2 Å². The second kappa shape index (κ2) is 11.8. The normalized spacial score (nSPS) is 12.8. The first-order valence-corrected chi connectivity index (χ1v) is 8.83. The second-order valence-electron chi connectivity index (χ2n) is 6.26. The van der Waals surface area contributed by atoms with Gasteiger partial charge in [-0.05, 0) is 44.5 Å². The molecule has 1 aromatic rings. The maximum atomic E-state index is 11.8. The quantitative estimate of drug-likeness (QED) is 0.255. The standard InChI is InChI=1S/C17H26Cl2N4O2.HI/c1-5-21-16(23-10-17(2,3)15(25)20-4)22-9-14(24)11-6-12(18)8-13(19)7-11;/h6-8,14,24H,5,9-10H2,1-4H3,(H,20,25)(H2,21,22,23);1H. The van der Waals surface area contributed by atoms with Crippen LogP contribution in [-0.2, 0) is 4.79 Å². The number of halogens is 3. The third-order valence-corrected chi connectivity index (χ3v) is 3.99. The maximum Gasteiger partial charge on any atom is 0.227 e. The van der Waals surface area contributed by atoms with E-state index in [4.69, 9.17) is 23.2 Å².